The van der Waals surface area contributed by atoms with Gasteiger partial charge in [0.25, 0.3) is 0 Å². The molecule has 1 amide bonds. The zero-order valence-electron chi connectivity index (χ0n) is 17.0. The van der Waals surface area contributed by atoms with E-state index >= 15 is 0 Å². The maximum absolute atomic E-state index is 13.7. The van der Waals surface area contributed by atoms with Gasteiger partial charge in [0, 0.05) is 17.7 Å². The molecule has 0 fully saturated rings. The largest absolute Gasteiger partial charge is 0.508 e. The first-order valence-corrected chi connectivity index (χ1v) is 9.79. The van der Waals surface area contributed by atoms with Gasteiger partial charge < -0.3 is 10.4 Å². The van der Waals surface area contributed by atoms with Crippen LogP contribution < -0.4 is 10.2 Å². The normalized spacial score (nSPS) is 20.5. The SMILES string of the molecule is CC1(C)CC(=O)C2=C(C1)Nc1ccccc1N(C(=O)C(F)(F)F)C2c1cccc(O)c1. The molecule has 0 saturated carbocycles. The van der Waals surface area contributed by atoms with Gasteiger partial charge in [-0.25, -0.2) is 0 Å². The van der Waals surface area contributed by atoms with Crippen LogP contribution in [0.3, 0.4) is 0 Å². The predicted molar refractivity (Wildman–Crippen MR) is 110 cm³/mol. The number of halogens is 3. The third-order valence-corrected chi connectivity index (χ3v) is 5.55. The second kappa shape index (κ2) is 7.14. The molecule has 31 heavy (non-hydrogen) atoms. The van der Waals surface area contributed by atoms with Crippen molar-refractivity contribution in [3.05, 3.63) is 65.4 Å². The van der Waals surface area contributed by atoms with Crippen molar-refractivity contribution in [2.75, 3.05) is 10.2 Å². The van der Waals surface area contributed by atoms with E-state index in [1.165, 1.54) is 36.4 Å². The zero-order chi connectivity index (χ0) is 22.6. The molecule has 8 heteroatoms. The summed E-state index contributed by atoms with van der Waals surface area (Å²) in [6, 6.07) is 10.5. The minimum atomic E-state index is -5.16. The van der Waals surface area contributed by atoms with Gasteiger partial charge in [0.05, 0.1) is 17.4 Å². The first kappa shape index (κ1) is 21.0. The Labute approximate surface area is 177 Å². The number of anilines is 2. The van der Waals surface area contributed by atoms with Gasteiger partial charge in [-0.1, -0.05) is 38.1 Å². The van der Waals surface area contributed by atoms with Crippen molar-refractivity contribution < 1.29 is 27.9 Å². The minimum absolute atomic E-state index is 0.0122. The van der Waals surface area contributed by atoms with Gasteiger partial charge in [-0.2, -0.15) is 13.2 Å². The number of amides is 1. The highest BCUT2D eigenvalue weighted by Crippen LogP contribution is 2.49. The molecular weight excluding hydrogens is 409 g/mol. The average molecular weight is 430 g/mol. The van der Waals surface area contributed by atoms with E-state index < -0.39 is 23.5 Å². The fourth-order valence-corrected chi connectivity index (χ4v) is 4.36. The third kappa shape index (κ3) is 3.78. The van der Waals surface area contributed by atoms with Gasteiger partial charge in [-0.3, -0.25) is 14.5 Å². The number of rotatable bonds is 1. The van der Waals surface area contributed by atoms with E-state index in [0.717, 1.165) is 0 Å². The number of alkyl halides is 3. The molecule has 2 aromatic rings. The standard InChI is InChI=1S/C23H21F3N2O3/c1-22(2)11-16-19(18(30)12-22)20(13-6-5-7-14(29)10-13)28(21(31)23(24,25)26)17-9-4-3-8-15(17)27-16/h3-10,20,27,29H,11-12H2,1-2H3. The second-order valence-electron chi connectivity index (χ2n) is 8.65. The molecule has 0 saturated heterocycles. The average Bonchev–Trinajstić information content (AvgIpc) is 2.79. The van der Waals surface area contributed by atoms with Crippen LogP contribution in [0.15, 0.2) is 59.8 Å². The maximum Gasteiger partial charge on any atom is 0.471 e. The Morgan fingerprint density at radius 1 is 1.13 bits per heavy atom. The number of phenols is 1. The monoisotopic (exact) mass is 430 g/mol. The number of phenolic OH excluding ortho intramolecular Hbond substituents is 1. The summed E-state index contributed by atoms with van der Waals surface area (Å²) < 4.78 is 41.1. The Morgan fingerprint density at radius 2 is 1.84 bits per heavy atom. The molecule has 1 aliphatic heterocycles. The molecule has 1 heterocycles. The van der Waals surface area contributed by atoms with Crippen molar-refractivity contribution >= 4 is 23.1 Å². The van der Waals surface area contributed by atoms with E-state index in [2.05, 4.69) is 5.32 Å². The number of Topliss-reactive ketones (excluding diaryl/α,β-unsaturated/α-hetero) is 1. The number of nitrogens with one attached hydrogen (secondary N) is 1. The van der Waals surface area contributed by atoms with Crippen LogP contribution in [0.2, 0.25) is 0 Å². The Kier molecular flexibility index (Phi) is 4.83. The summed E-state index contributed by atoms with van der Waals surface area (Å²) in [5, 5.41) is 13.1. The zero-order valence-corrected chi connectivity index (χ0v) is 17.0. The Hall–Kier alpha value is -3.29. The summed E-state index contributed by atoms with van der Waals surface area (Å²) in [4.78, 5) is 26.6. The summed E-state index contributed by atoms with van der Waals surface area (Å²) in [6.07, 6.45) is -4.61. The maximum atomic E-state index is 13.7. The summed E-state index contributed by atoms with van der Waals surface area (Å²) in [5.41, 5.74) is 0.735. The highest BCUT2D eigenvalue weighted by molar-refractivity contribution is 6.07. The molecule has 162 valence electrons. The lowest BCUT2D eigenvalue weighted by atomic mass is 9.73. The molecular formula is C23H21F3N2O3. The van der Waals surface area contributed by atoms with Crippen molar-refractivity contribution in [2.24, 2.45) is 5.41 Å². The lowest BCUT2D eigenvalue weighted by molar-refractivity contribution is -0.170. The van der Waals surface area contributed by atoms with Crippen LogP contribution in [0.1, 0.15) is 38.3 Å². The van der Waals surface area contributed by atoms with E-state index in [-0.39, 0.29) is 34.8 Å². The van der Waals surface area contributed by atoms with E-state index in [4.69, 9.17) is 0 Å². The molecule has 0 aromatic heterocycles. The Bertz CT molecular complexity index is 1110. The summed E-state index contributed by atoms with van der Waals surface area (Å²) in [6.45, 7) is 3.82. The van der Waals surface area contributed by atoms with Crippen molar-refractivity contribution in [1.29, 1.82) is 0 Å². The van der Waals surface area contributed by atoms with Crippen LogP contribution in [0, 0.1) is 5.41 Å². The fraction of sp³-hybridized carbons (Fsp3) is 0.304. The van der Waals surface area contributed by atoms with Crippen LogP contribution >= 0.6 is 0 Å². The number of nitrogens with zero attached hydrogens (tertiary/aromatic N) is 1. The number of fused-ring (bicyclic) bond motifs is 1. The molecule has 5 nitrogen and oxygen atoms in total. The van der Waals surface area contributed by atoms with Gasteiger partial charge >= 0.3 is 12.1 Å². The van der Waals surface area contributed by atoms with Gasteiger partial charge in [0.15, 0.2) is 5.78 Å². The topological polar surface area (TPSA) is 69.6 Å². The minimum Gasteiger partial charge on any atom is -0.508 e. The molecule has 0 spiro atoms. The van der Waals surface area contributed by atoms with Crippen LogP contribution in [0.5, 0.6) is 5.75 Å². The van der Waals surface area contributed by atoms with Crippen molar-refractivity contribution in [2.45, 2.75) is 38.9 Å². The molecule has 2 aliphatic rings. The molecule has 1 aliphatic carbocycles. The van der Waals surface area contributed by atoms with Crippen LogP contribution in [-0.4, -0.2) is 23.0 Å². The van der Waals surface area contributed by atoms with Crippen LogP contribution in [0.4, 0.5) is 24.5 Å². The number of para-hydroxylation sites is 2. The van der Waals surface area contributed by atoms with E-state index in [9.17, 15) is 27.9 Å². The number of benzene rings is 2. The lowest BCUT2D eigenvalue weighted by Crippen LogP contribution is -2.45. The van der Waals surface area contributed by atoms with Crippen molar-refractivity contribution in [3.8, 4) is 5.75 Å². The number of ketones is 1. The van der Waals surface area contributed by atoms with Gasteiger partial charge in [-0.15, -0.1) is 0 Å². The van der Waals surface area contributed by atoms with Crippen molar-refractivity contribution in [3.63, 3.8) is 0 Å². The quantitative estimate of drug-likeness (QED) is 0.661. The number of allylic oxidation sites excluding steroid dienone is 1. The van der Waals surface area contributed by atoms with E-state index in [1.54, 1.807) is 12.1 Å². The van der Waals surface area contributed by atoms with E-state index in [1.807, 2.05) is 13.8 Å². The summed E-state index contributed by atoms with van der Waals surface area (Å²) >= 11 is 0. The highest BCUT2D eigenvalue weighted by Gasteiger charge is 2.50. The van der Waals surface area contributed by atoms with Gasteiger partial charge in [0.1, 0.15) is 5.75 Å². The summed E-state index contributed by atoms with van der Waals surface area (Å²) in [7, 11) is 0. The number of hydrogen-bond donors (Lipinski definition) is 2. The molecule has 0 radical (unpaired) electrons. The van der Waals surface area contributed by atoms with Crippen LogP contribution in [-0.2, 0) is 9.59 Å². The predicted octanol–water partition coefficient (Wildman–Crippen LogP) is 5.10. The van der Waals surface area contributed by atoms with E-state index in [0.29, 0.717) is 22.7 Å². The third-order valence-electron chi connectivity index (χ3n) is 5.55. The fourth-order valence-electron chi connectivity index (χ4n) is 4.36. The molecule has 2 N–H and O–H groups in total. The first-order chi connectivity index (χ1) is 14.5. The number of carbonyl (C=O) groups is 2. The summed E-state index contributed by atoms with van der Waals surface area (Å²) in [5.74, 6) is -2.59. The Morgan fingerprint density at radius 3 is 2.52 bits per heavy atom. The smallest absolute Gasteiger partial charge is 0.471 e. The Balaban J connectivity index is 2.05. The molecule has 1 atom stereocenters. The highest BCUT2D eigenvalue weighted by atomic mass is 19.4. The van der Waals surface area contributed by atoms with Crippen molar-refractivity contribution in [1.82, 2.24) is 0 Å². The van der Waals surface area contributed by atoms with Crippen LogP contribution in [0.25, 0.3) is 0 Å². The molecule has 1 unspecified atom stereocenters. The number of aromatic hydroxyl groups is 1. The molecule has 0 bridgehead atoms. The van der Waals surface area contributed by atoms with Gasteiger partial charge in [-0.05, 0) is 41.7 Å². The van der Waals surface area contributed by atoms with Gasteiger partial charge in [0.2, 0.25) is 0 Å². The number of carbonyl (C=O) groups excluding carboxylic acids is 2. The molecule has 2 aromatic carbocycles. The first-order valence-electron chi connectivity index (χ1n) is 9.79. The molecule has 4 rings (SSSR count). The number of hydrogen-bond acceptors (Lipinski definition) is 4. The second-order valence-corrected chi connectivity index (χ2v) is 8.65. The lowest BCUT2D eigenvalue weighted by Gasteiger charge is -2.37.